The third-order valence-electron chi connectivity index (χ3n) is 8.60. The molecule has 3 rings (SSSR count). The van der Waals surface area contributed by atoms with Gasteiger partial charge in [0.2, 0.25) is 0 Å². The number of urea groups is 2. The molecule has 0 atom stereocenters. The zero-order valence-corrected chi connectivity index (χ0v) is 33.1. The highest BCUT2D eigenvalue weighted by Gasteiger charge is 2.33. The highest BCUT2D eigenvalue weighted by atomic mass is 16.2. The maximum atomic E-state index is 11.2. The van der Waals surface area contributed by atoms with Crippen LogP contribution < -0.4 is 0 Å². The van der Waals surface area contributed by atoms with E-state index in [2.05, 4.69) is 112 Å². The van der Waals surface area contributed by atoms with Crippen molar-refractivity contribution in [3.63, 3.8) is 0 Å². The molecule has 1 aromatic carbocycles. The number of benzene rings is 1. The smallest absolute Gasteiger partial charge is 0.283 e. The highest BCUT2D eigenvalue weighted by molar-refractivity contribution is 5.97. The van der Waals surface area contributed by atoms with Gasteiger partial charge in [-0.2, -0.15) is 0 Å². The average molecular weight is 641 g/mol. The predicted octanol–water partition coefficient (Wildman–Crippen LogP) is 9.97. The molecule has 8 nitrogen and oxygen atoms in total. The first-order valence-electron chi connectivity index (χ1n) is 16.7. The summed E-state index contributed by atoms with van der Waals surface area (Å²) in [6.07, 6.45) is 4.02. The third-order valence-corrected chi connectivity index (χ3v) is 8.60. The fourth-order valence-electron chi connectivity index (χ4n) is 4.67. The molecule has 0 radical (unpaired) electrons. The van der Waals surface area contributed by atoms with Gasteiger partial charge in [0.25, 0.3) is 0 Å². The van der Waals surface area contributed by atoms with Crippen molar-refractivity contribution < 1.29 is 9.59 Å². The first kappa shape index (κ1) is 44.8. The van der Waals surface area contributed by atoms with Crippen LogP contribution >= 0.6 is 0 Å². The standard InChI is InChI=1S/C12H18.C7H11N3O2.C7H16.C6H9N3.C6H14/c1-7-8(2)10(4)12(6)11(5)9(7)3;1-5-8(2)6(11)10(4)7(12)9(5)3;1-6(2)5-7(3)4;1-4-7-5(2)9-6(3)8-4;1-4-6(3)5-2/h1-6H3;1H2,2-4H3;6-7H,5H2,1-4H3;1-3H3;6H,4-5H2,1-3H3. The topological polar surface area (TPSA) is 82.5 Å². The van der Waals surface area contributed by atoms with Gasteiger partial charge in [-0.3, -0.25) is 9.80 Å². The molecule has 1 fully saturated rings. The number of carbonyl (C=O) groups excluding carboxylic acids is 2. The zero-order valence-electron chi connectivity index (χ0n) is 33.1. The van der Waals surface area contributed by atoms with Crippen LogP contribution in [0.3, 0.4) is 0 Å². The minimum Gasteiger partial charge on any atom is -0.283 e. The van der Waals surface area contributed by atoms with E-state index < -0.39 is 0 Å². The summed E-state index contributed by atoms with van der Waals surface area (Å²) in [5, 5.41) is 0. The molecule has 2 heterocycles. The summed E-state index contributed by atoms with van der Waals surface area (Å²) >= 11 is 0. The first-order valence-corrected chi connectivity index (χ1v) is 16.7. The molecule has 1 saturated heterocycles. The van der Waals surface area contributed by atoms with E-state index in [-0.39, 0.29) is 12.1 Å². The molecule has 46 heavy (non-hydrogen) atoms. The van der Waals surface area contributed by atoms with Gasteiger partial charge < -0.3 is 0 Å². The van der Waals surface area contributed by atoms with Gasteiger partial charge in [-0.1, -0.05) is 67.9 Å². The predicted molar refractivity (Wildman–Crippen MR) is 196 cm³/mol. The van der Waals surface area contributed by atoms with Crippen molar-refractivity contribution >= 4 is 12.1 Å². The summed E-state index contributed by atoms with van der Waals surface area (Å²) in [5.74, 6) is 5.45. The molecule has 1 aliphatic heterocycles. The molecule has 262 valence electrons. The van der Waals surface area contributed by atoms with Gasteiger partial charge in [0, 0.05) is 21.1 Å². The van der Waals surface area contributed by atoms with E-state index in [1.165, 1.54) is 69.5 Å². The number of hydrogen-bond donors (Lipinski definition) is 0. The van der Waals surface area contributed by atoms with Crippen LogP contribution in [0.2, 0.25) is 0 Å². The maximum Gasteiger partial charge on any atom is 0.333 e. The number of aryl methyl sites for hydroxylation is 3. The van der Waals surface area contributed by atoms with E-state index in [0.717, 1.165) is 40.1 Å². The lowest BCUT2D eigenvalue weighted by molar-refractivity contribution is 0.134. The molecule has 1 aromatic heterocycles. The second-order valence-corrected chi connectivity index (χ2v) is 13.3. The second-order valence-electron chi connectivity index (χ2n) is 13.3. The fourth-order valence-corrected chi connectivity index (χ4v) is 4.67. The van der Waals surface area contributed by atoms with Gasteiger partial charge in [-0.05, 0) is 120 Å². The van der Waals surface area contributed by atoms with Crippen LogP contribution in [0.5, 0.6) is 0 Å². The van der Waals surface area contributed by atoms with Crippen molar-refractivity contribution in [1.82, 2.24) is 29.7 Å². The largest absolute Gasteiger partial charge is 0.333 e. The Morgan fingerprint density at radius 2 is 0.761 bits per heavy atom. The van der Waals surface area contributed by atoms with E-state index >= 15 is 0 Å². The zero-order chi connectivity index (χ0) is 36.6. The second kappa shape index (κ2) is 21.5. The van der Waals surface area contributed by atoms with Gasteiger partial charge in [0.05, 0.1) is 0 Å². The van der Waals surface area contributed by atoms with Crippen LogP contribution in [0.25, 0.3) is 0 Å². The molecule has 1 aliphatic rings. The molecule has 4 amide bonds. The summed E-state index contributed by atoms with van der Waals surface area (Å²) < 4.78 is 0. The molecule has 0 unspecified atom stereocenters. The summed E-state index contributed by atoms with van der Waals surface area (Å²) in [7, 11) is 4.58. The van der Waals surface area contributed by atoms with Gasteiger partial charge in [-0.15, -0.1) is 0 Å². The van der Waals surface area contributed by atoms with Crippen molar-refractivity contribution in [2.75, 3.05) is 21.1 Å². The molecule has 0 bridgehead atoms. The highest BCUT2D eigenvalue weighted by Crippen LogP contribution is 2.24. The lowest BCUT2D eigenvalue weighted by atomic mass is 9.90. The van der Waals surface area contributed by atoms with E-state index in [4.69, 9.17) is 0 Å². The number of rotatable bonds is 4. The van der Waals surface area contributed by atoms with E-state index in [1.807, 2.05) is 20.8 Å². The molecular weight excluding hydrogens is 572 g/mol. The Morgan fingerprint density at radius 3 is 0.913 bits per heavy atom. The molecule has 0 aliphatic carbocycles. The van der Waals surface area contributed by atoms with Crippen molar-refractivity contribution in [2.24, 2.45) is 17.8 Å². The SMILES string of the molecule is C=C1N(C)C(=O)N(C)C(=O)N1C.CC(C)CC(C)C.CCC(C)CC.Cc1c(C)c(C)c(C)c(C)c1C.Cc1nc(C)nc(C)n1. The Hall–Kier alpha value is -3.29. The van der Waals surface area contributed by atoms with Crippen LogP contribution in [0.4, 0.5) is 9.59 Å². The van der Waals surface area contributed by atoms with Crippen molar-refractivity contribution in [2.45, 2.75) is 130 Å². The average Bonchev–Trinajstić information content (AvgIpc) is 2.98. The normalized spacial score (nSPS) is 12.7. The summed E-state index contributed by atoms with van der Waals surface area (Å²) in [5.41, 5.74) is 8.73. The molecule has 0 N–H and O–H groups in total. The Labute approximate surface area is 283 Å². The molecular formula is C38H68N6O2. The fraction of sp³-hybridized carbons (Fsp3) is 0.658. The molecule has 0 saturated carbocycles. The van der Waals surface area contributed by atoms with Gasteiger partial charge in [-0.25, -0.2) is 29.4 Å². The Morgan fingerprint density at radius 1 is 0.522 bits per heavy atom. The first-order chi connectivity index (χ1) is 21.0. The van der Waals surface area contributed by atoms with Gasteiger partial charge in [0.1, 0.15) is 23.3 Å². The third kappa shape index (κ3) is 15.3. The van der Waals surface area contributed by atoms with Crippen molar-refractivity contribution in [1.29, 1.82) is 0 Å². The molecule has 2 aromatic rings. The monoisotopic (exact) mass is 641 g/mol. The van der Waals surface area contributed by atoms with Gasteiger partial charge in [0.15, 0.2) is 0 Å². The number of aromatic nitrogens is 3. The van der Waals surface area contributed by atoms with Gasteiger partial charge >= 0.3 is 12.1 Å². The van der Waals surface area contributed by atoms with Crippen LogP contribution in [0.15, 0.2) is 12.4 Å². The minimum absolute atomic E-state index is 0.358. The van der Waals surface area contributed by atoms with E-state index in [9.17, 15) is 9.59 Å². The molecule has 0 spiro atoms. The van der Waals surface area contributed by atoms with Crippen molar-refractivity contribution in [3.8, 4) is 0 Å². The Kier molecular flexibility index (Phi) is 20.9. The number of imide groups is 1. The Balaban J connectivity index is 0. The van der Waals surface area contributed by atoms with Crippen LogP contribution in [-0.2, 0) is 0 Å². The summed E-state index contributed by atoms with van der Waals surface area (Å²) in [4.78, 5) is 38.2. The lowest BCUT2D eigenvalue weighted by Gasteiger charge is -2.36. The minimum atomic E-state index is -0.358. The van der Waals surface area contributed by atoms with Crippen LogP contribution in [0, 0.1) is 80.1 Å². The number of nitrogens with zero attached hydrogens (tertiary/aromatic N) is 6. The quantitative estimate of drug-likeness (QED) is 0.332. The van der Waals surface area contributed by atoms with Crippen LogP contribution in [0.1, 0.15) is 119 Å². The van der Waals surface area contributed by atoms with Crippen molar-refractivity contribution in [3.05, 3.63) is 63.3 Å². The number of amides is 4. The summed E-state index contributed by atoms with van der Waals surface area (Å²) in [6.45, 7) is 38.3. The number of hydrogen-bond acceptors (Lipinski definition) is 5. The summed E-state index contributed by atoms with van der Waals surface area (Å²) in [6, 6.07) is -0.716. The van der Waals surface area contributed by atoms with E-state index in [0.29, 0.717) is 5.82 Å². The maximum absolute atomic E-state index is 11.2. The lowest BCUT2D eigenvalue weighted by Crippen LogP contribution is -2.55. The Bertz CT molecular complexity index is 1040. The van der Waals surface area contributed by atoms with Crippen LogP contribution in [-0.4, -0.2) is 62.9 Å². The van der Waals surface area contributed by atoms with E-state index in [1.54, 1.807) is 14.1 Å². The molecule has 8 heteroatoms. The number of carbonyl (C=O) groups is 2.